The number of alkyl halides is 9. The zero-order valence-electron chi connectivity index (χ0n) is 24.3. The van der Waals surface area contributed by atoms with Crippen molar-refractivity contribution in [2.45, 2.75) is 57.0 Å². The summed E-state index contributed by atoms with van der Waals surface area (Å²) in [6.45, 7) is 7.16. The number of hydrogen-bond donors (Lipinski definition) is 0. The third-order valence-electron chi connectivity index (χ3n) is 7.64. The van der Waals surface area contributed by atoms with Crippen LogP contribution in [0.15, 0.2) is 42.5 Å². The molecule has 3 atom stereocenters. The van der Waals surface area contributed by atoms with Gasteiger partial charge < -0.3 is 9.64 Å². The molecule has 16 heteroatoms. The van der Waals surface area contributed by atoms with Gasteiger partial charge in [-0.15, -0.1) is 24.8 Å². The molecule has 2 heterocycles. The van der Waals surface area contributed by atoms with Crippen molar-refractivity contribution in [1.29, 1.82) is 0 Å². The van der Waals surface area contributed by atoms with Crippen LogP contribution in [0.5, 0.6) is 0 Å². The second-order valence-electron chi connectivity index (χ2n) is 11.2. The summed E-state index contributed by atoms with van der Waals surface area (Å²) in [5.74, 6) is -1.01. The predicted molar refractivity (Wildman–Crippen MR) is 154 cm³/mol. The Balaban J connectivity index is 0.00000353. The van der Waals surface area contributed by atoms with Crippen molar-refractivity contribution in [1.82, 2.24) is 14.7 Å². The molecule has 2 aromatic carbocycles. The van der Waals surface area contributed by atoms with Gasteiger partial charge in [0.05, 0.1) is 28.9 Å². The van der Waals surface area contributed by atoms with E-state index in [0.717, 1.165) is 25.2 Å². The van der Waals surface area contributed by atoms with Crippen LogP contribution >= 0.6 is 24.8 Å². The first-order chi connectivity index (χ1) is 19.9. The van der Waals surface area contributed by atoms with Crippen molar-refractivity contribution in [3.63, 3.8) is 0 Å². The Labute approximate surface area is 267 Å². The van der Waals surface area contributed by atoms with E-state index in [0.29, 0.717) is 37.3 Å². The lowest BCUT2D eigenvalue weighted by atomic mass is 9.98. The number of halogens is 11. The normalized spacial score (nSPS) is 22.0. The fourth-order valence-electron chi connectivity index (χ4n) is 5.66. The molecule has 0 spiro atoms. The van der Waals surface area contributed by atoms with Crippen molar-refractivity contribution >= 4 is 30.7 Å². The summed E-state index contributed by atoms with van der Waals surface area (Å²) >= 11 is 0. The van der Waals surface area contributed by atoms with E-state index < -0.39 is 52.7 Å². The highest BCUT2D eigenvalue weighted by Gasteiger charge is 2.39. The predicted octanol–water partition coefficient (Wildman–Crippen LogP) is 7.06. The highest BCUT2D eigenvalue weighted by molar-refractivity contribution is 5.95. The van der Waals surface area contributed by atoms with Crippen LogP contribution in [0.2, 0.25) is 0 Å². The number of rotatable bonds is 6. The Hall–Kier alpha value is -2.26. The van der Waals surface area contributed by atoms with Gasteiger partial charge in [-0.1, -0.05) is 12.1 Å². The van der Waals surface area contributed by atoms with Crippen LogP contribution in [-0.4, -0.2) is 84.7 Å². The zero-order chi connectivity index (χ0) is 31.7. The zero-order valence-corrected chi connectivity index (χ0v) is 25.9. The van der Waals surface area contributed by atoms with E-state index in [9.17, 15) is 44.3 Å². The number of hydrogen-bond acceptors (Lipinski definition) is 4. The van der Waals surface area contributed by atoms with Crippen LogP contribution in [0.25, 0.3) is 0 Å². The third kappa shape index (κ3) is 10.4. The molecule has 45 heavy (non-hydrogen) atoms. The summed E-state index contributed by atoms with van der Waals surface area (Å²) < 4.78 is 126. The molecule has 2 aliphatic rings. The second-order valence-corrected chi connectivity index (χ2v) is 11.2. The summed E-state index contributed by atoms with van der Waals surface area (Å²) in [5.41, 5.74) is -4.39. The van der Waals surface area contributed by atoms with Gasteiger partial charge in [0.25, 0.3) is 5.91 Å². The van der Waals surface area contributed by atoms with Crippen LogP contribution < -0.4 is 0 Å². The quantitative estimate of drug-likeness (QED) is 0.303. The lowest BCUT2D eigenvalue weighted by Crippen LogP contribution is -2.57. The molecule has 5 nitrogen and oxygen atoms in total. The van der Waals surface area contributed by atoms with E-state index in [2.05, 4.69) is 4.90 Å². The van der Waals surface area contributed by atoms with E-state index in [1.165, 1.54) is 17.0 Å². The Bertz CT molecular complexity index is 1230. The minimum absolute atomic E-state index is 0. The number of nitrogens with zero attached hydrogens (tertiary/aromatic N) is 3. The van der Waals surface area contributed by atoms with Gasteiger partial charge in [-0.3, -0.25) is 14.6 Å². The highest BCUT2D eigenvalue weighted by Crippen LogP contribution is 2.37. The van der Waals surface area contributed by atoms with Gasteiger partial charge >= 0.3 is 18.5 Å². The van der Waals surface area contributed by atoms with Crippen molar-refractivity contribution < 1.29 is 49.0 Å². The van der Waals surface area contributed by atoms with Crippen molar-refractivity contribution in [3.8, 4) is 0 Å². The summed E-state index contributed by atoms with van der Waals surface area (Å²) in [6, 6.07) is 4.35. The number of carbonyl (C=O) groups excluding carboxylic acids is 1. The van der Waals surface area contributed by atoms with Gasteiger partial charge in [-0.05, 0) is 56.2 Å². The summed E-state index contributed by atoms with van der Waals surface area (Å²) in [4.78, 5) is 19.0. The van der Waals surface area contributed by atoms with E-state index in [-0.39, 0.29) is 62.6 Å². The average molecular weight is 698 g/mol. The monoisotopic (exact) mass is 697 g/mol. The lowest BCUT2D eigenvalue weighted by Gasteiger charge is -2.43. The lowest BCUT2D eigenvalue weighted by molar-refractivity contribution is -0.143. The molecule has 1 amide bonds. The first-order valence-corrected chi connectivity index (χ1v) is 13.8. The molecule has 254 valence electrons. The molecule has 0 bridgehead atoms. The van der Waals surface area contributed by atoms with Crippen LogP contribution in [0.3, 0.4) is 0 Å². The van der Waals surface area contributed by atoms with Gasteiger partial charge in [-0.25, -0.2) is 0 Å². The van der Waals surface area contributed by atoms with Crippen LogP contribution in [0, 0.1) is 0 Å². The minimum atomic E-state index is -5.12. The largest absolute Gasteiger partial charge is 0.416 e. The molecule has 0 saturated carbocycles. The molecule has 2 aromatic rings. The molecule has 0 N–H and O–H groups in total. The summed E-state index contributed by atoms with van der Waals surface area (Å²) in [5, 5.41) is 0. The van der Waals surface area contributed by atoms with Gasteiger partial charge in [0, 0.05) is 57.4 Å². The first kappa shape index (κ1) is 38.9. The molecule has 2 saturated heterocycles. The maximum Gasteiger partial charge on any atom is 0.416 e. The van der Waals surface area contributed by atoms with Crippen molar-refractivity contribution in [3.05, 3.63) is 70.3 Å². The molecular formula is C29H34Cl2F9N3O2. The number of amides is 1. The molecule has 0 aliphatic carbocycles. The molecule has 0 radical (unpaired) electrons. The van der Waals surface area contributed by atoms with Crippen LogP contribution in [-0.2, 0) is 29.7 Å². The topological polar surface area (TPSA) is 36.0 Å². The fourth-order valence-corrected chi connectivity index (χ4v) is 5.66. The average Bonchev–Trinajstić information content (AvgIpc) is 2.90. The Morgan fingerprint density at radius 2 is 1.20 bits per heavy atom. The third-order valence-corrected chi connectivity index (χ3v) is 7.64. The van der Waals surface area contributed by atoms with Gasteiger partial charge in [0.15, 0.2) is 0 Å². The van der Waals surface area contributed by atoms with Crippen LogP contribution in [0.4, 0.5) is 39.5 Å². The summed E-state index contributed by atoms with van der Waals surface area (Å²) in [7, 11) is 0. The number of carbonyl (C=O) groups is 1. The second kappa shape index (κ2) is 15.1. The van der Waals surface area contributed by atoms with Gasteiger partial charge in [-0.2, -0.15) is 39.5 Å². The van der Waals surface area contributed by atoms with E-state index >= 15 is 0 Å². The Morgan fingerprint density at radius 3 is 1.69 bits per heavy atom. The van der Waals surface area contributed by atoms with E-state index in [1.54, 1.807) is 0 Å². The molecule has 2 aliphatic heterocycles. The van der Waals surface area contributed by atoms with Gasteiger partial charge in [0.1, 0.15) is 0 Å². The number of benzene rings is 2. The maximum absolute atomic E-state index is 13.5. The number of piperazine rings is 1. The van der Waals surface area contributed by atoms with Crippen molar-refractivity contribution in [2.75, 3.05) is 45.8 Å². The SMILES string of the molecule is C[C@@H]1CN(CCN2CCN(C(=O)c3cc(C(F)(F)F)cc(C(F)(F)F)c3)[C@H](Cc3ccc(C(F)(F)F)cc3)C2)C[C@H](C)O1.Cl.Cl. The number of ether oxygens (including phenoxy) is 1. The van der Waals surface area contributed by atoms with E-state index in [1.807, 2.05) is 18.7 Å². The Kier molecular flexibility index (Phi) is 13.1. The standard InChI is InChI=1S/C29H32F9N3O2.2ClH/c1-18-15-40(16-19(2)43-18)8-7-39-9-10-41(25(17-39)11-20-3-5-22(6-4-20)27(30,31)32)26(42)21-12-23(28(33,34)35)14-24(13-21)29(36,37)38;;/h3-6,12-14,18-19,25H,7-11,15-17H2,1-2H3;2*1H/t18-,19+,25-;;/m1../s1. The highest BCUT2D eigenvalue weighted by atomic mass is 35.5. The fraction of sp³-hybridized carbons (Fsp3) is 0.552. The van der Waals surface area contributed by atoms with Gasteiger partial charge in [0.2, 0.25) is 0 Å². The minimum Gasteiger partial charge on any atom is -0.373 e. The van der Waals surface area contributed by atoms with E-state index in [4.69, 9.17) is 4.74 Å². The first-order valence-electron chi connectivity index (χ1n) is 13.8. The molecule has 0 aromatic heterocycles. The molecule has 0 unspecified atom stereocenters. The molecule has 4 rings (SSSR count). The number of morpholine rings is 1. The smallest absolute Gasteiger partial charge is 0.373 e. The Morgan fingerprint density at radius 1 is 0.711 bits per heavy atom. The molecule has 2 fully saturated rings. The van der Waals surface area contributed by atoms with Crippen molar-refractivity contribution in [2.24, 2.45) is 0 Å². The maximum atomic E-state index is 13.5. The molecular weight excluding hydrogens is 664 g/mol. The van der Waals surface area contributed by atoms with Crippen LogP contribution in [0.1, 0.15) is 46.5 Å². The summed E-state index contributed by atoms with van der Waals surface area (Å²) in [6.07, 6.45) is -14.7.